The van der Waals surface area contributed by atoms with Gasteiger partial charge in [0.2, 0.25) is 0 Å². The molecule has 5 atom stereocenters. The SMILES string of the molecule is O=C(CO)[C@@H](O)[C@H](O)[C@H](O)[C@H](O)[C@H](O)COP(=O)(O)O. The molecule has 120 valence electrons. The van der Waals surface area contributed by atoms with Gasteiger partial charge in [0.15, 0.2) is 5.78 Å². The molecule has 0 bridgehead atoms. The second-order valence-corrected chi connectivity index (χ2v) is 5.13. The summed E-state index contributed by atoms with van der Waals surface area (Å²) in [5, 5.41) is 55.0. The minimum absolute atomic E-state index is 1.07. The zero-order valence-corrected chi connectivity index (χ0v) is 10.9. The van der Waals surface area contributed by atoms with Crippen molar-refractivity contribution in [2.45, 2.75) is 30.5 Å². The molecule has 0 aromatic heterocycles. The Labute approximate surface area is 112 Å². The molecule has 0 aromatic carbocycles. The van der Waals surface area contributed by atoms with Crippen molar-refractivity contribution in [3.05, 3.63) is 0 Å². The highest BCUT2D eigenvalue weighted by Crippen LogP contribution is 2.35. The molecule has 0 aliphatic carbocycles. The number of phosphoric acid groups is 1. The highest BCUT2D eigenvalue weighted by atomic mass is 31.2. The lowest BCUT2D eigenvalue weighted by atomic mass is 9.97. The summed E-state index contributed by atoms with van der Waals surface area (Å²) in [6.45, 7) is -2.19. The first kappa shape index (κ1) is 19.5. The Morgan fingerprint density at radius 2 is 1.50 bits per heavy atom. The van der Waals surface area contributed by atoms with Crippen LogP contribution in [0.4, 0.5) is 0 Å². The summed E-state index contributed by atoms with van der Waals surface area (Å²) >= 11 is 0. The number of aliphatic hydroxyl groups is 6. The summed E-state index contributed by atoms with van der Waals surface area (Å²) in [7, 11) is -4.90. The fourth-order valence-electron chi connectivity index (χ4n) is 1.17. The predicted molar refractivity (Wildman–Crippen MR) is 60.1 cm³/mol. The third kappa shape index (κ3) is 6.33. The minimum Gasteiger partial charge on any atom is -0.388 e. The summed E-state index contributed by atoms with van der Waals surface area (Å²) in [6.07, 6.45) is -10.8. The second kappa shape index (κ2) is 8.10. The summed E-state index contributed by atoms with van der Waals surface area (Å²) in [5.74, 6) is -1.23. The molecule has 0 aliphatic rings. The Hall–Kier alpha value is -0.460. The molecule has 0 saturated heterocycles. The number of Topliss-reactive ketones (excluding diaryl/α,β-unsaturated/α-hetero) is 1. The van der Waals surface area contributed by atoms with E-state index in [2.05, 4.69) is 4.52 Å². The number of hydrogen-bond acceptors (Lipinski definition) is 9. The van der Waals surface area contributed by atoms with Crippen molar-refractivity contribution >= 4 is 13.6 Å². The van der Waals surface area contributed by atoms with Crippen molar-refractivity contribution in [2.75, 3.05) is 13.2 Å². The van der Waals surface area contributed by atoms with Gasteiger partial charge in [0, 0.05) is 0 Å². The summed E-state index contributed by atoms with van der Waals surface area (Å²) < 4.78 is 14.2. The van der Waals surface area contributed by atoms with Crippen LogP contribution < -0.4 is 0 Å². The van der Waals surface area contributed by atoms with Crippen LogP contribution in [0.15, 0.2) is 0 Å². The maximum Gasteiger partial charge on any atom is 0.469 e. The molecule has 0 saturated carbocycles. The van der Waals surface area contributed by atoms with Gasteiger partial charge in [-0.25, -0.2) is 4.57 Å². The van der Waals surface area contributed by atoms with Crippen LogP contribution in [0.2, 0.25) is 0 Å². The molecule has 20 heavy (non-hydrogen) atoms. The average Bonchev–Trinajstić information content (AvgIpc) is 2.39. The van der Waals surface area contributed by atoms with Crippen molar-refractivity contribution in [2.24, 2.45) is 0 Å². The van der Waals surface area contributed by atoms with Gasteiger partial charge in [0.1, 0.15) is 37.1 Å². The lowest BCUT2D eigenvalue weighted by molar-refractivity contribution is -0.156. The van der Waals surface area contributed by atoms with Crippen LogP contribution in [-0.4, -0.2) is 89.9 Å². The maximum atomic E-state index is 10.9. The van der Waals surface area contributed by atoms with Gasteiger partial charge in [0.25, 0.3) is 0 Å². The summed E-state index contributed by atoms with van der Waals surface area (Å²) in [6, 6.07) is 0. The fraction of sp³-hybridized carbons (Fsp3) is 0.875. The number of carbonyl (C=O) groups is 1. The Morgan fingerprint density at radius 1 is 1.00 bits per heavy atom. The van der Waals surface area contributed by atoms with Gasteiger partial charge in [-0.1, -0.05) is 0 Å². The lowest BCUT2D eigenvalue weighted by Gasteiger charge is -2.28. The Balaban J connectivity index is 4.55. The van der Waals surface area contributed by atoms with Crippen LogP contribution in [0, 0.1) is 0 Å². The molecule has 0 heterocycles. The van der Waals surface area contributed by atoms with Gasteiger partial charge in [-0.3, -0.25) is 9.32 Å². The topological polar surface area (TPSA) is 205 Å². The fourth-order valence-corrected chi connectivity index (χ4v) is 1.52. The lowest BCUT2D eigenvalue weighted by Crippen LogP contribution is -2.52. The van der Waals surface area contributed by atoms with E-state index < -0.39 is 57.3 Å². The van der Waals surface area contributed by atoms with E-state index >= 15 is 0 Å². The number of ketones is 1. The first-order valence-electron chi connectivity index (χ1n) is 5.25. The average molecular weight is 320 g/mol. The van der Waals surface area contributed by atoms with Gasteiger partial charge in [0.05, 0.1) is 6.61 Å². The van der Waals surface area contributed by atoms with Crippen LogP contribution in [0.25, 0.3) is 0 Å². The predicted octanol–water partition coefficient (Wildman–Crippen LogP) is -4.54. The van der Waals surface area contributed by atoms with E-state index in [4.69, 9.17) is 14.9 Å². The molecule has 12 heteroatoms. The standard InChI is InChI=1S/C8H17O11P/c9-1-3(10)5(12)7(14)8(15)6(13)4(11)2-19-20(16,17)18/h4-9,11-15H,1-2H2,(H2,16,17,18)/t4-,5-,6-,7+,8-/m1/s1. The molecule has 0 radical (unpaired) electrons. The van der Waals surface area contributed by atoms with Gasteiger partial charge < -0.3 is 40.4 Å². The van der Waals surface area contributed by atoms with E-state index in [0.717, 1.165) is 0 Å². The third-order valence-corrected chi connectivity index (χ3v) is 2.80. The molecule has 0 unspecified atom stereocenters. The quantitative estimate of drug-likeness (QED) is 0.190. The third-order valence-electron chi connectivity index (χ3n) is 2.32. The minimum atomic E-state index is -4.90. The van der Waals surface area contributed by atoms with Crippen molar-refractivity contribution in [1.29, 1.82) is 0 Å². The molecule has 11 nitrogen and oxygen atoms in total. The highest BCUT2D eigenvalue weighted by Gasteiger charge is 2.37. The second-order valence-electron chi connectivity index (χ2n) is 3.89. The van der Waals surface area contributed by atoms with Crippen molar-refractivity contribution in [3.8, 4) is 0 Å². The zero-order valence-electron chi connectivity index (χ0n) is 10.1. The molecule has 0 rings (SSSR count). The Bertz CT molecular complexity index is 354. The monoisotopic (exact) mass is 320 g/mol. The molecule has 8 N–H and O–H groups in total. The zero-order chi connectivity index (χ0) is 16.1. The summed E-state index contributed by atoms with van der Waals surface area (Å²) in [5.41, 5.74) is 0. The van der Waals surface area contributed by atoms with Gasteiger partial charge in [-0.05, 0) is 0 Å². The Kier molecular flexibility index (Phi) is 7.91. The van der Waals surface area contributed by atoms with Crippen LogP contribution in [0.3, 0.4) is 0 Å². The molecule has 0 aromatic rings. The molecule has 0 amide bonds. The van der Waals surface area contributed by atoms with Gasteiger partial charge in [-0.2, -0.15) is 0 Å². The maximum absolute atomic E-state index is 10.9. The highest BCUT2D eigenvalue weighted by molar-refractivity contribution is 7.46. The van der Waals surface area contributed by atoms with Crippen LogP contribution >= 0.6 is 7.82 Å². The molecular weight excluding hydrogens is 303 g/mol. The van der Waals surface area contributed by atoms with E-state index in [0.29, 0.717) is 0 Å². The number of hydrogen-bond donors (Lipinski definition) is 8. The Morgan fingerprint density at radius 3 is 1.90 bits per heavy atom. The van der Waals surface area contributed by atoms with Crippen LogP contribution in [-0.2, 0) is 13.9 Å². The van der Waals surface area contributed by atoms with Gasteiger partial charge >= 0.3 is 7.82 Å². The van der Waals surface area contributed by atoms with Crippen molar-refractivity contribution in [1.82, 2.24) is 0 Å². The number of aliphatic hydroxyl groups excluding tert-OH is 6. The first-order valence-corrected chi connectivity index (χ1v) is 6.78. The normalized spacial score (nSPS) is 20.0. The van der Waals surface area contributed by atoms with E-state index in [1.807, 2.05) is 0 Å². The summed E-state index contributed by atoms with van der Waals surface area (Å²) in [4.78, 5) is 27.6. The largest absolute Gasteiger partial charge is 0.469 e. The smallest absolute Gasteiger partial charge is 0.388 e. The van der Waals surface area contributed by atoms with Crippen LogP contribution in [0.5, 0.6) is 0 Å². The van der Waals surface area contributed by atoms with E-state index in [1.165, 1.54) is 0 Å². The van der Waals surface area contributed by atoms with Crippen molar-refractivity contribution in [3.63, 3.8) is 0 Å². The number of phosphoric ester groups is 1. The number of carbonyl (C=O) groups excluding carboxylic acids is 1. The van der Waals surface area contributed by atoms with Gasteiger partial charge in [-0.15, -0.1) is 0 Å². The van der Waals surface area contributed by atoms with E-state index in [9.17, 15) is 34.9 Å². The van der Waals surface area contributed by atoms with Crippen molar-refractivity contribution < 1.29 is 54.3 Å². The van der Waals surface area contributed by atoms with E-state index in [1.54, 1.807) is 0 Å². The first-order chi connectivity index (χ1) is 9.01. The molecule has 0 fully saturated rings. The molecule has 0 aliphatic heterocycles. The molecular formula is C8H17O11P. The molecule has 0 spiro atoms. The van der Waals surface area contributed by atoms with E-state index in [-0.39, 0.29) is 0 Å². The number of rotatable bonds is 9. The van der Waals surface area contributed by atoms with Crippen LogP contribution in [0.1, 0.15) is 0 Å².